The second-order valence-electron chi connectivity index (χ2n) is 6.86. The minimum absolute atomic E-state index is 0.103. The molecule has 1 amide bonds. The van der Waals surface area contributed by atoms with Crippen LogP contribution in [0.5, 0.6) is 5.75 Å². The van der Waals surface area contributed by atoms with E-state index < -0.39 is 11.9 Å². The van der Waals surface area contributed by atoms with Crippen LogP contribution in [0.15, 0.2) is 54.1 Å². The average Bonchev–Trinajstić information content (AvgIpc) is 3.13. The summed E-state index contributed by atoms with van der Waals surface area (Å²) >= 11 is 7.25. The Kier molecular flexibility index (Phi) is 7.88. The molecule has 0 aliphatic carbocycles. The van der Waals surface area contributed by atoms with Crippen LogP contribution >= 0.6 is 22.9 Å². The Balaban J connectivity index is 1.99. The van der Waals surface area contributed by atoms with Crippen molar-refractivity contribution >= 4 is 45.9 Å². The Bertz CT molecular complexity index is 1240. The number of amides is 1. The van der Waals surface area contributed by atoms with E-state index in [1.54, 1.807) is 62.6 Å². The summed E-state index contributed by atoms with van der Waals surface area (Å²) < 4.78 is 10.4. The molecule has 0 spiro atoms. The predicted octanol–water partition coefficient (Wildman–Crippen LogP) is 6.11. The molecular weight excluding hydrogens is 460 g/mol. The lowest BCUT2D eigenvalue weighted by Crippen LogP contribution is -2.16. The monoisotopic (exact) mass is 480 g/mol. The molecule has 1 N–H and O–H groups in total. The molecular formula is C25H21ClN2O4S. The summed E-state index contributed by atoms with van der Waals surface area (Å²) in [7, 11) is 1.56. The minimum atomic E-state index is -0.622. The lowest BCUT2D eigenvalue weighted by molar-refractivity contribution is -0.112. The molecule has 33 heavy (non-hydrogen) atoms. The molecule has 0 bridgehead atoms. The van der Waals surface area contributed by atoms with E-state index in [2.05, 4.69) is 5.32 Å². The van der Waals surface area contributed by atoms with Crippen LogP contribution in [0, 0.1) is 18.3 Å². The van der Waals surface area contributed by atoms with Crippen molar-refractivity contribution < 1.29 is 19.1 Å². The number of ether oxygens (including phenoxy) is 2. The Morgan fingerprint density at radius 1 is 1.15 bits per heavy atom. The van der Waals surface area contributed by atoms with E-state index in [1.165, 1.54) is 17.4 Å². The lowest BCUT2D eigenvalue weighted by Gasteiger charge is -2.09. The van der Waals surface area contributed by atoms with Crippen LogP contribution in [-0.4, -0.2) is 25.6 Å². The summed E-state index contributed by atoms with van der Waals surface area (Å²) in [6, 6.07) is 15.9. The van der Waals surface area contributed by atoms with Crippen LogP contribution in [0.1, 0.15) is 27.7 Å². The Morgan fingerprint density at radius 3 is 2.39 bits per heavy atom. The second kappa shape index (κ2) is 10.8. The smallest absolute Gasteiger partial charge is 0.341 e. The summed E-state index contributed by atoms with van der Waals surface area (Å²) in [6.45, 7) is 3.75. The first-order valence-corrected chi connectivity index (χ1v) is 11.2. The van der Waals surface area contributed by atoms with Gasteiger partial charge in [-0.25, -0.2) is 4.79 Å². The van der Waals surface area contributed by atoms with Crippen molar-refractivity contribution in [3.63, 3.8) is 0 Å². The van der Waals surface area contributed by atoms with Gasteiger partial charge in [0.05, 0.1) is 13.7 Å². The first-order chi connectivity index (χ1) is 15.9. The summed E-state index contributed by atoms with van der Waals surface area (Å²) in [5, 5.41) is 13.2. The molecule has 0 atom stereocenters. The normalized spacial score (nSPS) is 10.9. The zero-order valence-electron chi connectivity index (χ0n) is 18.3. The molecule has 0 unspecified atom stereocenters. The molecule has 0 fully saturated rings. The molecule has 168 valence electrons. The van der Waals surface area contributed by atoms with Gasteiger partial charge in [0, 0.05) is 15.5 Å². The van der Waals surface area contributed by atoms with E-state index in [9.17, 15) is 14.9 Å². The third kappa shape index (κ3) is 5.61. The van der Waals surface area contributed by atoms with Crippen LogP contribution in [0.4, 0.5) is 5.00 Å². The molecule has 0 radical (unpaired) electrons. The highest BCUT2D eigenvalue weighted by molar-refractivity contribution is 7.17. The number of nitriles is 1. The largest absolute Gasteiger partial charge is 0.497 e. The van der Waals surface area contributed by atoms with E-state index in [0.717, 1.165) is 10.4 Å². The number of aryl methyl sites for hydroxylation is 1. The van der Waals surface area contributed by atoms with Crippen molar-refractivity contribution in [2.24, 2.45) is 0 Å². The number of benzene rings is 2. The molecule has 1 aromatic heterocycles. The van der Waals surface area contributed by atoms with Crippen molar-refractivity contribution in [1.82, 2.24) is 0 Å². The van der Waals surface area contributed by atoms with Crippen LogP contribution in [0.25, 0.3) is 17.2 Å². The van der Waals surface area contributed by atoms with E-state index in [4.69, 9.17) is 21.1 Å². The van der Waals surface area contributed by atoms with Crippen molar-refractivity contribution in [2.45, 2.75) is 13.8 Å². The first kappa shape index (κ1) is 24.1. The van der Waals surface area contributed by atoms with Gasteiger partial charge in [-0.1, -0.05) is 35.9 Å². The number of methoxy groups -OCH3 is 1. The van der Waals surface area contributed by atoms with Gasteiger partial charge in [0.1, 0.15) is 28.0 Å². The van der Waals surface area contributed by atoms with Gasteiger partial charge in [0.2, 0.25) is 0 Å². The fourth-order valence-electron chi connectivity index (χ4n) is 3.18. The van der Waals surface area contributed by atoms with Gasteiger partial charge in [-0.15, -0.1) is 11.3 Å². The Morgan fingerprint density at radius 2 is 1.82 bits per heavy atom. The summed E-state index contributed by atoms with van der Waals surface area (Å²) in [5.41, 5.74) is 2.23. The maximum atomic E-state index is 12.9. The van der Waals surface area contributed by atoms with Crippen molar-refractivity contribution in [3.8, 4) is 22.9 Å². The average molecular weight is 481 g/mol. The number of hydrogen-bond donors (Lipinski definition) is 1. The molecule has 0 saturated heterocycles. The van der Waals surface area contributed by atoms with Gasteiger partial charge in [-0.05, 0) is 55.3 Å². The number of thiophene rings is 1. The van der Waals surface area contributed by atoms with Crippen molar-refractivity contribution in [3.05, 3.63) is 75.1 Å². The van der Waals surface area contributed by atoms with Gasteiger partial charge in [-0.3, -0.25) is 4.79 Å². The molecule has 0 aliphatic heterocycles. The number of anilines is 1. The highest BCUT2D eigenvalue weighted by Gasteiger charge is 2.26. The number of halogens is 1. The van der Waals surface area contributed by atoms with E-state index in [1.807, 2.05) is 13.0 Å². The molecule has 0 saturated carbocycles. The SMILES string of the molecule is CCOC(=O)c1c(NC(=O)/C(C#N)=C/c2ccc(OC)cc2)sc(C)c1-c1ccc(Cl)cc1. The lowest BCUT2D eigenvalue weighted by atomic mass is 10.0. The number of carbonyl (C=O) groups excluding carboxylic acids is 2. The maximum Gasteiger partial charge on any atom is 0.341 e. The van der Waals surface area contributed by atoms with Gasteiger partial charge in [0.15, 0.2) is 0 Å². The fraction of sp³-hybridized carbons (Fsp3) is 0.160. The number of nitrogens with zero attached hydrogens (tertiary/aromatic N) is 1. The van der Waals surface area contributed by atoms with Crippen LogP contribution < -0.4 is 10.1 Å². The number of nitrogens with one attached hydrogen (secondary N) is 1. The molecule has 8 heteroatoms. The van der Waals surface area contributed by atoms with E-state index in [0.29, 0.717) is 26.9 Å². The maximum absolute atomic E-state index is 12.9. The van der Waals surface area contributed by atoms with Gasteiger partial charge < -0.3 is 14.8 Å². The zero-order valence-corrected chi connectivity index (χ0v) is 19.8. The third-order valence-electron chi connectivity index (χ3n) is 4.72. The first-order valence-electron chi connectivity index (χ1n) is 10.0. The van der Waals surface area contributed by atoms with Crippen LogP contribution in [0.2, 0.25) is 5.02 Å². The standard InChI is InChI=1S/C25H21ClN2O4S/c1-4-32-25(30)22-21(17-7-9-19(26)10-8-17)15(2)33-24(22)28-23(29)18(14-27)13-16-5-11-20(31-3)12-6-16/h5-13H,4H2,1-3H3,(H,28,29)/b18-13+. The van der Waals surface area contributed by atoms with E-state index >= 15 is 0 Å². The number of carbonyl (C=O) groups is 2. The third-order valence-corrected chi connectivity index (χ3v) is 5.99. The fourth-order valence-corrected chi connectivity index (χ4v) is 4.37. The Hall–Kier alpha value is -3.60. The minimum Gasteiger partial charge on any atom is -0.497 e. The summed E-state index contributed by atoms with van der Waals surface area (Å²) in [6.07, 6.45) is 1.47. The number of esters is 1. The van der Waals surface area contributed by atoms with E-state index in [-0.39, 0.29) is 17.7 Å². The Labute approximate surface area is 201 Å². The molecule has 3 aromatic rings. The van der Waals surface area contributed by atoms with Crippen LogP contribution in [-0.2, 0) is 9.53 Å². The quantitative estimate of drug-likeness (QED) is 0.250. The van der Waals surface area contributed by atoms with Gasteiger partial charge in [0.25, 0.3) is 5.91 Å². The van der Waals surface area contributed by atoms with Crippen LogP contribution in [0.3, 0.4) is 0 Å². The summed E-state index contributed by atoms with van der Waals surface area (Å²) in [5.74, 6) is -0.513. The highest BCUT2D eigenvalue weighted by Crippen LogP contribution is 2.41. The molecule has 2 aromatic carbocycles. The molecule has 0 aliphatic rings. The molecule has 1 heterocycles. The van der Waals surface area contributed by atoms with Gasteiger partial charge in [-0.2, -0.15) is 5.26 Å². The number of rotatable bonds is 7. The second-order valence-corrected chi connectivity index (χ2v) is 8.52. The predicted molar refractivity (Wildman–Crippen MR) is 131 cm³/mol. The summed E-state index contributed by atoms with van der Waals surface area (Å²) in [4.78, 5) is 26.6. The highest BCUT2D eigenvalue weighted by atomic mass is 35.5. The van der Waals surface area contributed by atoms with Crippen molar-refractivity contribution in [1.29, 1.82) is 5.26 Å². The molecule has 3 rings (SSSR count). The molecule has 6 nitrogen and oxygen atoms in total. The van der Waals surface area contributed by atoms with Gasteiger partial charge >= 0.3 is 5.97 Å². The zero-order chi connectivity index (χ0) is 24.0. The number of hydrogen-bond acceptors (Lipinski definition) is 6. The topological polar surface area (TPSA) is 88.4 Å². The van der Waals surface area contributed by atoms with Crippen molar-refractivity contribution in [2.75, 3.05) is 19.0 Å².